The van der Waals surface area contributed by atoms with Gasteiger partial charge < -0.3 is 15.6 Å². The highest BCUT2D eigenvalue weighted by molar-refractivity contribution is 5.85. The third kappa shape index (κ3) is 3.57. The van der Waals surface area contributed by atoms with Crippen LogP contribution in [0.3, 0.4) is 0 Å². The smallest absolute Gasteiger partial charge is 0.0920 e. The van der Waals surface area contributed by atoms with Gasteiger partial charge in [-0.1, -0.05) is 42.5 Å². The van der Waals surface area contributed by atoms with Crippen LogP contribution in [0.4, 0.5) is 0 Å². The van der Waals surface area contributed by atoms with Gasteiger partial charge in [0.15, 0.2) is 0 Å². The van der Waals surface area contributed by atoms with Crippen LogP contribution in [-0.2, 0) is 11.2 Å². The van der Waals surface area contributed by atoms with E-state index in [1.165, 1.54) is 10.8 Å². The van der Waals surface area contributed by atoms with Crippen LogP contribution in [0, 0.1) is 0 Å². The van der Waals surface area contributed by atoms with Gasteiger partial charge in [0.2, 0.25) is 0 Å². The second-order valence-corrected chi connectivity index (χ2v) is 5.36. The minimum Gasteiger partial charge on any atom is -0.387 e. The Morgan fingerprint density at radius 1 is 1.15 bits per heavy atom. The van der Waals surface area contributed by atoms with Crippen molar-refractivity contribution in [1.82, 2.24) is 0 Å². The number of nitrogens with two attached hydrogens (primary N) is 1. The van der Waals surface area contributed by atoms with Gasteiger partial charge in [-0.2, -0.15) is 0 Å². The van der Waals surface area contributed by atoms with Crippen molar-refractivity contribution in [2.75, 3.05) is 20.3 Å². The van der Waals surface area contributed by atoms with E-state index in [0.717, 1.165) is 12.0 Å². The molecule has 3 N–H and O–H groups in total. The molecule has 2 rings (SSSR count). The molecule has 0 aromatic heterocycles. The van der Waals surface area contributed by atoms with Crippen molar-refractivity contribution < 1.29 is 9.84 Å². The fourth-order valence-corrected chi connectivity index (χ4v) is 2.71. The van der Waals surface area contributed by atoms with Crippen LogP contribution in [0.5, 0.6) is 0 Å². The minimum atomic E-state index is -0.849. The maximum absolute atomic E-state index is 10.8. The van der Waals surface area contributed by atoms with Crippen LogP contribution in [0.1, 0.15) is 18.4 Å². The molecule has 0 radical (unpaired) electrons. The average molecular weight is 273 g/mol. The zero-order valence-electron chi connectivity index (χ0n) is 12.0. The number of methoxy groups -OCH3 is 1. The summed E-state index contributed by atoms with van der Waals surface area (Å²) in [6, 6.07) is 14.4. The summed E-state index contributed by atoms with van der Waals surface area (Å²) in [5, 5.41) is 13.2. The van der Waals surface area contributed by atoms with Crippen molar-refractivity contribution in [1.29, 1.82) is 0 Å². The van der Waals surface area contributed by atoms with E-state index in [1.807, 2.05) is 18.2 Å². The molecule has 20 heavy (non-hydrogen) atoms. The maximum atomic E-state index is 10.8. The Kier molecular flexibility index (Phi) is 5.12. The summed E-state index contributed by atoms with van der Waals surface area (Å²) in [5.74, 6) is 0. The molecule has 0 aliphatic carbocycles. The molecule has 0 aliphatic rings. The van der Waals surface area contributed by atoms with Gasteiger partial charge in [0.25, 0.3) is 0 Å². The molecule has 1 unspecified atom stereocenters. The largest absolute Gasteiger partial charge is 0.387 e. The lowest BCUT2D eigenvalue weighted by atomic mass is 9.88. The van der Waals surface area contributed by atoms with Crippen LogP contribution in [0.25, 0.3) is 10.8 Å². The number of rotatable bonds is 7. The maximum Gasteiger partial charge on any atom is 0.0920 e. The lowest BCUT2D eigenvalue weighted by Crippen LogP contribution is -2.37. The molecular weight excluding hydrogens is 250 g/mol. The van der Waals surface area contributed by atoms with Crippen molar-refractivity contribution in [2.24, 2.45) is 5.73 Å². The number of fused-ring (bicyclic) bond motifs is 1. The molecule has 0 amide bonds. The molecular formula is C17H23NO2. The quantitative estimate of drug-likeness (QED) is 0.815. The number of benzene rings is 2. The van der Waals surface area contributed by atoms with E-state index < -0.39 is 5.60 Å². The highest BCUT2D eigenvalue weighted by Gasteiger charge is 2.27. The molecule has 2 aromatic rings. The van der Waals surface area contributed by atoms with E-state index in [1.54, 1.807) is 7.11 Å². The SMILES string of the molecule is COCC(O)(CCCN)Cc1cccc2ccccc12. The molecule has 0 fully saturated rings. The van der Waals surface area contributed by atoms with Crippen LogP contribution in [0.2, 0.25) is 0 Å². The highest BCUT2D eigenvalue weighted by Crippen LogP contribution is 2.25. The van der Waals surface area contributed by atoms with E-state index in [-0.39, 0.29) is 0 Å². The Labute approximate surface area is 120 Å². The van der Waals surface area contributed by atoms with E-state index in [2.05, 4.69) is 24.3 Å². The third-order valence-electron chi connectivity index (χ3n) is 3.66. The summed E-state index contributed by atoms with van der Waals surface area (Å²) in [5.41, 5.74) is 5.87. The molecule has 2 aromatic carbocycles. The summed E-state index contributed by atoms with van der Waals surface area (Å²) in [7, 11) is 1.62. The van der Waals surface area contributed by atoms with Crippen LogP contribution in [-0.4, -0.2) is 31.0 Å². The Hall–Kier alpha value is -1.42. The highest BCUT2D eigenvalue weighted by atomic mass is 16.5. The van der Waals surface area contributed by atoms with Gasteiger partial charge in [0.1, 0.15) is 0 Å². The summed E-state index contributed by atoms with van der Waals surface area (Å²) in [4.78, 5) is 0. The summed E-state index contributed by atoms with van der Waals surface area (Å²) in [6.07, 6.45) is 2.04. The van der Waals surface area contributed by atoms with Crippen molar-refractivity contribution in [3.63, 3.8) is 0 Å². The van der Waals surface area contributed by atoms with Crippen LogP contribution < -0.4 is 5.73 Å². The monoisotopic (exact) mass is 273 g/mol. The Morgan fingerprint density at radius 3 is 2.65 bits per heavy atom. The summed E-state index contributed by atoms with van der Waals surface area (Å²) < 4.78 is 5.20. The molecule has 0 saturated heterocycles. The lowest BCUT2D eigenvalue weighted by molar-refractivity contribution is -0.0373. The third-order valence-corrected chi connectivity index (χ3v) is 3.66. The van der Waals surface area contributed by atoms with Gasteiger partial charge in [-0.05, 0) is 35.7 Å². The Bertz CT molecular complexity index is 550. The normalized spacial score (nSPS) is 14.3. The van der Waals surface area contributed by atoms with Crippen molar-refractivity contribution >= 4 is 10.8 Å². The lowest BCUT2D eigenvalue weighted by Gasteiger charge is -2.28. The van der Waals surface area contributed by atoms with Crippen molar-refractivity contribution in [3.05, 3.63) is 48.0 Å². The van der Waals surface area contributed by atoms with Crippen LogP contribution >= 0.6 is 0 Å². The Morgan fingerprint density at radius 2 is 1.90 bits per heavy atom. The van der Waals surface area contributed by atoms with Crippen molar-refractivity contribution in [2.45, 2.75) is 24.9 Å². The number of hydrogen-bond donors (Lipinski definition) is 2. The van der Waals surface area contributed by atoms with E-state index in [4.69, 9.17) is 10.5 Å². The molecule has 0 bridgehead atoms. The number of hydrogen-bond acceptors (Lipinski definition) is 3. The predicted octanol–water partition coefficient (Wildman–Crippen LogP) is 2.50. The zero-order chi connectivity index (χ0) is 14.4. The first-order valence-corrected chi connectivity index (χ1v) is 7.06. The van der Waals surface area contributed by atoms with Gasteiger partial charge in [-0.15, -0.1) is 0 Å². The number of ether oxygens (including phenoxy) is 1. The van der Waals surface area contributed by atoms with Crippen LogP contribution in [0.15, 0.2) is 42.5 Å². The Balaban J connectivity index is 2.28. The van der Waals surface area contributed by atoms with Gasteiger partial charge in [0.05, 0.1) is 12.2 Å². The first kappa shape index (κ1) is 15.0. The molecule has 1 atom stereocenters. The summed E-state index contributed by atoms with van der Waals surface area (Å²) >= 11 is 0. The molecule has 0 aliphatic heterocycles. The molecule has 3 heteroatoms. The second kappa shape index (κ2) is 6.84. The minimum absolute atomic E-state index is 0.330. The fraction of sp³-hybridized carbons (Fsp3) is 0.412. The first-order chi connectivity index (χ1) is 9.68. The van der Waals surface area contributed by atoms with E-state index >= 15 is 0 Å². The van der Waals surface area contributed by atoms with Gasteiger partial charge in [-0.3, -0.25) is 0 Å². The summed E-state index contributed by atoms with van der Waals surface area (Å²) in [6.45, 7) is 0.914. The zero-order valence-corrected chi connectivity index (χ0v) is 12.0. The average Bonchev–Trinajstić information content (AvgIpc) is 2.46. The van der Waals surface area contributed by atoms with Gasteiger partial charge >= 0.3 is 0 Å². The fourth-order valence-electron chi connectivity index (χ4n) is 2.71. The van der Waals surface area contributed by atoms with Gasteiger partial charge in [0, 0.05) is 13.5 Å². The van der Waals surface area contributed by atoms with E-state index in [0.29, 0.717) is 26.0 Å². The predicted molar refractivity (Wildman–Crippen MR) is 82.8 cm³/mol. The standard InChI is InChI=1S/C17H23NO2/c1-20-13-17(19,10-5-11-18)12-15-8-4-7-14-6-2-3-9-16(14)15/h2-4,6-9,19H,5,10-13,18H2,1H3. The van der Waals surface area contributed by atoms with Crippen molar-refractivity contribution in [3.8, 4) is 0 Å². The molecule has 0 saturated carbocycles. The topological polar surface area (TPSA) is 55.5 Å². The number of aliphatic hydroxyl groups is 1. The molecule has 0 spiro atoms. The first-order valence-electron chi connectivity index (χ1n) is 7.06. The second-order valence-electron chi connectivity index (χ2n) is 5.36. The molecule has 3 nitrogen and oxygen atoms in total. The van der Waals surface area contributed by atoms with Gasteiger partial charge in [-0.25, -0.2) is 0 Å². The molecule has 0 heterocycles. The van der Waals surface area contributed by atoms with E-state index in [9.17, 15) is 5.11 Å². The molecule has 108 valence electrons.